The molecule has 7 nitrogen and oxygen atoms in total. The van der Waals surface area contributed by atoms with Gasteiger partial charge in [0.05, 0.1) is 17.3 Å². The van der Waals surface area contributed by atoms with Gasteiger partial charge in [-0.2, -0.15) is 0 Å². The van der Waals surface area contributed by atoms with E-state index < -0.39 is 9.84 Å². The number of nitrogens with one attached hydrogen (secondary N) is 1. The number of benzene rings is 1. The number of hydrogen-bond donors (Lipinski definition) is 1. The first-order valence-electron chi connectivity index (χ1n) is 9.08. The molecule has 1 N–H and O–H groups in total. The summed E-state index contributed by atoms with van der Waals surface area (Å²) in [5, 5.41) is 12.3. The number of nitrogens with zero attached hydrogens (tertiary/aromatic N) is 3. The molecule has 1 aliphatic heterocycles. The third kappa shape index (κ3) is 5.03. The van der Waals surface area contributed by atoms with Gasteiger partial charge in [-0.05, 0) is 44.4 Å². The Morgan fingerprint density at radius 3 is 2.82 bits per heavy atom. The van der Waals surface area contributed by atoms with Gasteiger partial charge in [0, 0.05) is 18.3 Å². The highest BCUT2D eigenvalue weighted by Crippen LogP contribution is 2.30. The van der Waals surface area contributed by atoms with Gasteiger partial charge in [0.25, 0.3) is 0 Å². The smallest absolute Gasteiger partial charge is 0.233 e. The van der Waals surface area contributed by atoms with Gasteiger partial charge in [0.2, 0.25) is 11.0 Å². The molecule has 2 heterocycles. The van der Waals surface area contributed by atoms with Gasteiger partial charge in [-0.15, -0.1) is 10.2 Å². The highest BCUT2D eigenvalue weighted by Gasteiger charge is 2.33. The minimum absolute atomic E-state index is 0.0613. The fourth-order valence-electron chi connectivity index (χ4n) is 3.19. The van der Waals surface area contributed by atoms with Crippen molar-refractivity contribution in [2.24, 2.45) is 0 Å². The van der Waals surface area contributed by atoms with Crippen molar-refractivity contribution in [3.8, 4) is 0 Å². The Morgan fingerprint density at radius 2 is 2.14 bits per heavy atom. The number of aryl methyl sites for hydroxylation is 1. The molecule has 1 saturated heterocycles. The Bertz CT molecular complexity index is 959. The predicted molar refractivity (Wildman–Crippen MR) is 114 cm³/mol. The van der Waals surface area contributed by atoms with E-state index in [9.17, 15) is 13.2 Å². The molecule has 0 aliphatic carbocycles. The third-order valence-corrected chi connectivity index (χ3v) is 8.59. The van der Waals surface area contributed by atoms with Crippen LogP contribution in [0, 0.1) is 13.8 Å². The van der Waals surface area contributed by atoms with Crippen molar-refractivity contribution in [1.82, 2.24) is 15.1 Å². The van der Waals surface area contributed by atoms with Crippen LogP contribution in [0.2, 0.25) is 0 Å². The SMILES string of the molecule is CCN(C(=O)CSc1nnc(Nc2cccc(C)c2C)s1)[C@H]1CCS(=O)(=O)C1. The van der Waals surface area contributed by atoms with Crippen LogP contribution in [-0.2, 0) is 14.6 Å². The summed E-state index contributed by atoms with van der Waals surface area (Å²) in [5.41, 5.74) is 3.35. The fraction of sp³-hybridized carbons (Fsp3) is 0.500. The Labute approximate surface area is 173 Å². The first-order chi connectivity index (χ1) is 13.3. The molecule has 152 valence electrons. The second kappa shape index (κ2) is 8.79. The largest absolute Gasteiger partial charge is 0.338 e. The molecule has 28 heavy (non-hydrogen) atoms. The highest BCUT2D eigenvalue weighted by atomic mass is 32.2. The van der Waals surface area contributed by atoms with E-state index in [0.29, 0.717) is 22.4 Å². The van der Waals surface area contributed by atoms with E-state index in [1.807, 2.05) is 19.1 Å². The number of carbonyl (C=O) groups excluding carboxylic acids is 1. The lowest BCUT2D eigenvalue weighted by atomic mass is 10.1. The second-order valence-electron chi connectivity index (χ2n) is 6.77. The van der Waals surface area contributed by atoms with Crippen LogP contribution in [-0.4, -0.2) is 59.3 Å². The normalized spacial score (nSPS) is 18.2. The summed E-state index contributed by atoms with van der Waals surface area (Å²) in [7, 11) is -3.01. The topological polar surface area (TPSA) is 92.3 Å². The van der Waals surface area contributed by atoms with Crippen molar-refractivity contribution in [1.29, 1.82) is 0 Å². The number of amides is 1. The third-order valence-electron chi connectivity index (χ3n) is 4.88. The van der Waals surface area contributed by atoms with Gasteiger partial charge in [-0.25, -0.2) is 8.42 Å². The van der Waals surface area contributed by atoms with Crippen molar-refractivity contribution < 1.29 is 13.2 Å². The summed E-state index contributed by atoms with van der Waals surface area (Å²) < 4.78 is 24.1. The number of sulfone groups is 1. The van der Waals surface area contributed by atoms with Crippen molar-refractivity contribution in [2.45, 2.75) is 37.6 Å². The summed E-state index contributed by atoms with van der Waals surface area (Å²) in [6.07, 6.45) is 0.523. The van der Waals surface area contributed by atoms with Crippen molar-refractivity contribution in [3.05, 3.63) is 29.3 Å². The number of aromatic nitrogens is 2. The lowest BCUT2D eigenvalue weighted by molar-refractivity contribution is -0.129. The van der Waals surface area contributed by atoms with Crippen LogP contribution < -0.4 is 5.32 Å². The molecule has 0 spiro atoms. The van der Waals surface area contributed by atoms with E-state index in [4.69, 9.17) is 0 Å². The van der Waals surface area contributed by atoms with Crippen LogP contribution in [0.3, 0.4) is 0 Å². The van der Waals surface area contributed by atoms with Crippen LogP contribution in [0.4, 0.5) is 10.8 Å². The molecule has 1 fully saturated rings. The van der Waals surface area contributed by atoms with E-state index >= 15 is 0 Å². The van der Waals surface area contributed by atoms with Crippen LogP contribution in [0.15, 0.2) is 22.5 Å². The highest BCUT2D eigenvalue weighted by molar-refractivity contribution is 8.01. The number of rotatable bonds is 7. The molecule has 0 unspecified atom stereocenters. The zero-order valence-corrected chi connectivity index (χ0v) is 18.6. The van der Waals surface area contributed by atoms with Crippen LogP contribution in [0.1, 0.15) is 24.5 Å². The molecule has 2 aromatic rings. The Morgan fingerprint density at radius 1 is 1.36 bits per heavy atom. The lowest BCUT2D eigenvalue weighted by Crippen LogP contribution is -2.41. The van der Waals surface area contributed by atoms with Crippen molar-refractivity contribution in [3.63, 3.8) is 0 Å². The molecular formula is C18H24N4O3S3. The molecule has 1 aromatic carbocycles. The summed E-state index contributed by atoms with van der Waals surface area (Å²) in [6, 6.07) is 5.83. The van der Waals surface area contributed by atoms with Crippen molar-refractivity contribution >= 4 is 49.7 Å². The number of anilines is 2. The summed E-state index contributed by atoms with van der Waals surface area (Å²) >= 11 is 2.73. The predicted octanol–water partition coefficient (Wildman–Crippen LogP) is 3.03. The summed E-state index contributed by atoms with van der Waals surface area (Å²) in [4.78, 5) is 14.3. The molecule has 0 bridgehead atoms. The Kier molecular flexibility index (Phi) is 6.61. The van der Waals surface area contributed by atoms with Gasteiger partial charge >= 0.3 is 0 Å². The van der Waals surface area contributed by atoms with Gasteiger partial charge in [0.1, 0.15) is 0 Å². The van der Waals surface area contributed by atoms with Crippen LogP contribution in [0.5, 0.6) is 0 Å². The minimum Gasteiger partial charge on any atom is -0.338 e. The molecule has 3 rings (SSSR count). The second-order valence-corrected chi connectivity index (χ2v) is 11.2. The molecule has 0 saturated carbocycles. The standard InChI is InChI=1S/C18H24N4O3S3/c1-4-22(14-8-9-28(24,25)11-14)16(23)10-26-18-21-20-17(27-18)19-15-7-5-6-12(2)13(15)3/h5-7,14H,4,8-11H2,1-3H3,(H,19,20)/t14-/m0/s1. The first kappa shape index (κ1) is 21.1. The number of thioether (sulfide) groups is 1. The quantitative estimate of drug-likeness (QED) is 0.662. The number of carbonyl (C=O) groups is 1. The van der Waals surface area contributed by atoms with Gasteiger partial charge in [0.15, 0.2) is 14.2 Å². The Hall–Kier alpha value is -1.65. The van der Waals surface area contributed by atoms with Gasteiger partial charge in [-0.1, -0.05) is 35.2 Å². The average Bonchev–Trinajstić information content (AvgIpc) is 3.24. The Balaban J connectivity index is 1.57. The van der Waals surface area contributed by atoms with E-state index in [1.165, 1.54) is 28.7 Å². The van der Waals surface area contributed by atoms with E-state index in [-0.39, 0.29) is 29.2 Å². The van der Waals surface area contributed by atoms with Crippen LogP contribution in [0.25, 0.3) is 0 Å². The summed E-state index contributed by atoms with van der Waals surface area (Å²) in [5.74, 6) is 0.398. The van der Waals surface area contributed by atoms with Gasteiger partial charge < -0.3 is 10.2 Å². The maximum atomic E-state index is 12.6. The molecule has 10 heteroatoms. The van der Waals surface area contributed by atoms with Crippen molar-refractivity contribution in [2.75, 3.05) is 29.1 Å². The molecular weight excluding hydrogens is 416 g/mol. The molecule has 1 amide bonds. The number of hydrogen-bond acceptors (Lipinski definition) is 8. The molecule has 1 atom stereocenters. The van der Waals surface area contributed by atoms with E-state index in [1.54, 1.807) is 4.90 Å². The molecule has 0 radical (unpaired) electrons. The zero-order chi connectivity index (χ0) is 20.3. The first-order valence-corrected chi connectivity index (χ1v) is 12.7. The summed E-state index contributed by atoms with van der Waals surface area (Å²) in [6.45, 7) is 6.50. The minimum atomic E-state index is -3.01. The zero-order valence-electron chi connectivity index (χ0n) is 16.1. The van der Waals surface area contributed by atoms with Crippen LogP contribution >= 0.6 is 23.1 Å². The fourth-order valence-corrected chi connectivity index (χ4v) is 6.57. The molecule has 1 aromatic heterocycles. The lowest BCUT2D eigenvalue weighted by Gasteiger charge is -2.26. The average molecular weight is 441 g/mol. The van der Waals surface area contributed by atoms with Gasteiger partial charge in [-0.3, -0.25) is 4.79 Å². The molecule has 1 aliphatic rings. The monoisotopic (exact) mass is 440 g/mol. The maximum Gasteiger partial charge on any atom is 0.233 e. The van der Waals surface area contributed by atoms with E-state index in [2.05, 4.69) is 35.4 Å². The van der Waals surface area contributed by atoms with E-state index in [0.717, 1.165) is 11.3 Å². The maximum absolute atomic E-state index is 12.6.